The van der Waals surface area contributed by atoms with Crippen LogP contribution in [0.5, 0.6) is 0 Å². The number of nitrogens with one attached hydrogen (secondary N) is 2. The van der Waals surface area contributed by atoms with Crippen LogP contribution in [0.1, 0.15) is 6.42 Å². The lowest BCUT2D eigenvalue weighted by molar-refractivity contribution is -0.385. The fourth-order valence-corrected chi connectivity index (χ4v) is 3.12. The molecule has 0 aromatic heterocycles. The molecule has 1 atom stereocenters. The third kappa shape index (κ3) is 3.49. The quantitative estimate of drug-likeness (QED) is 0.605. The molecule has 1 saturated heterocycles. The van der Waals surface area contributed by atoms with E-state index >= 15 is 0 Å². The summed E-state index contributed by atoms with van der Waals surface area (Å²) in [5, 5.41) is 13.8. The van der Waals surface area contributed by atoms with Gasteiger partial charge in [0.15, 0.2) is 0 Å². The molecule has 0 bridgehead atoms. The average Bonchev–Trinajstić information content (AvgIpc) is 2.90. The van der Waals surface area contributed by atoms with Crippen LogP contribution in [0.2, 0.25) is 0 Å². The minimum absolute atomic E-state index is 0.0762. The molecule has 1 aliphatic heterocycles. The van der Waals surface area contributed by atoms with Gasteiger partial charge in [-0.3, -0.25) is 10.1 Å². The largest absolute Gasteiger partial charge is 0.316 e. The van der Waals surface area contributed by atoms with E-state index in [4.69, 9.17) is 0 Å². The summed E-state index contributed by atoms with van der Waals surface area (Å²) in [7, 11) is -3.69. The van der Waals surface area contributed by atoms with Gasteiger partial charge < -0.3 is 5.32 Å². The molecule has 0 amide bonds. The van der Waals surface area contributed by atoms with E-state index in [0.717, 1.165) is 25.6 Å². The fraction of sp³-hybridized carbons (Fsp3) is 0.455. The number of nitro benzene ring substituents is 1. The average molecular weight is 285 g/mol. The Hall–Kier alpha value is -1.51. The highest BCUT2D eigenvalue weighted by Crippen LogP contribution is 2.17. The van der Waals surface area contributed by atoms with Crippen molar-refractivity contribution in [2.75, 3.05) is 19.6 Å². The Balaban J connectivity index is 2.09. The Labute approximate surface area is 111 Å². The van der Waals surface area contributed by atoms with Crippen molar-refractivity contribution in [3.8, 4) is 0 Å². The van der Waals surface area contributed by atoms with Crippen LogP contribution in [0, 0.1) is 16.0 Å². The van der Waals surface area contributed by atoms with Crippen LogP contribution in [0.3, 0.4) is 0 Å². The Kier molecular flexibility index (Phi) is 4.13. The van der Waals surface area contributed by atoms with Gasteiger partial charge in [0.1, 0.15) is 0 Å². The molecule has 104 valence electrons. The summed E-state index contributed by atoms with van der Waals surface area (Å²) in [6.07, 6.45) is 0.928. The van der Waals surface area contributed by atoms with Crippen molar-refractivity contribution in [2.45, 2.75) is 11.3 Å². The van der Waals surface area contributed by atoms with E-state index in [1.165, 1.54) is 18.2 Å². The first-order valence-electron chi connectivity index (χ1n) is 5.94. The SMILES string of the molecule is O=[N+]([O-])c1cccc(S(=O)(=O)NCC2CCNC2)c1. The van der Waals surface area contributed by atoms with Gasteiger partial charge in [-0.25, -0.2) is 13.1 Å². The van der Waals surface area contributed by atoms with Crippen molar-refractivity contribution < 1.29 is 13.3 Å². The number of non-ortho nitro benzene ring substituents is 1. The fourth-order valence-electron chi connectivity index (χ4n) is 1.96. The highest BCUT2D eigenvalue weighted by atomic mass is 32.2. The molecule has 1 unspecified atom stereocenters. The predicted molar refractivity (Wildman–Crippen MR) is 69.3 cm³/mol. The van der Waals surface area contributed by atoms with Crippen LogP contribution in [-0.2, 0) is 10.0 Å². The van der Waals surface area contributed by atoms with Crippen LogP contribution in [-0.4, -0.2) is 33.0 Å². The highest BCUT2D eigenvalue weighted by Gasteiger charge is 2.20. The summed E-state index contributed by atoms with van der Waals surface area (Å²) in [6.45, 7) is 2.03. The van der Waals surface area contributed by atoms with Crippen molar-refractivity contribution in [2.24, 2.45) is 5.92 Å². The van der Waals surface area contributed by atoms with Gasteiger partial charge >= 0.3 is 0 Å². The van der Waals surface area contributed by atoms with Gasteiger partial charge in [-0.2, -0.15) is 0 Å². The minimum Gasteiger partial charge on any atom is -0.316 e. The third-order valence-electron chi connectivity index (χ3n) is 3.06. The van der Waals surface area contributed by atoms with Crippen LogP contribution in [0.4, 0.5) is 5.69 Å². The second-order valence-electron chi connectivity index (χ2n) is 4.47. The Morgan fingerprint density at radius 2 is 2.26 bits per heavy atom. The molecular formula is C11H15N3O4S. The summed E-state index contributed by atoms with van der Waals surface area (Å²) in [5.41, 5.74) is -0.231. The molecular weight excluding hydrogens is 270 g/mol. The molecule has 7 nitrogen and oxygen atoms in total. The van der Waals surface area contributed by atoms with Crippen LogP contribution < -0.4 is 10.0 Å². The minimum atomic E-state index is -3.69. The normalized spacial score (nSPS) is 19.5. The van der Waals surface area contributed by atoms with Crippen molar-refractivity contribution in [1.82, 2.24) is 10.0 Å². The van der Waals surface area contributed by atoms with Crippen molar-refractivity contribution in [1.29, 1.82) is 0 Å². The summed E-state index contributed by atoms with van der Waals surface area (Å²) < 4.78 is 26.5. The molecule has 1 fully saturated rings. The first-order chi connectivity index (χ1) is 8.99. The van der Waals surface area contributed by atoms with Gasteiger partial charge in [-0.1, -0.05) is 6.07 Å². The summed E-state index contributed by atoms with van der Waals surface area (Å²) in [4.78, 5) is 9.94. The summed E-state index contributed by atoms with van der Waals surface area (Å²) in [5.74, 6) is 0.272. The molecule has 1 heterocycles. The number of hydrogen-bond donors (Lipinski definition) is 2. The smallest absolute Gasteiger partial charge is 0.270 e. The van der Waals surface area contributed by atoms with E-state index in [-0.39, 0.29) is 16.5 Å². The molecule has 1 aromatic rings. The van der Waals surface area contributed by atoms with Gasteiger partial charge in [0.2, 0.25) is 10.0 Å². The van der Waals surface area contributed by atoms with Crippen molar-refractivity contribution in [3.05, 3.63) is 34.4 Å². The number of nitro groups is 1. The lowest BCUT2D eigenvalue weighted by Crippen LogP contribution is -2.30. The Morgan fingerprint density at radius 1 is 1.47 bits per heavy atom. The van der Waals surface area contributed by atoms with E-state index < -0.39 is 14.9 Å². The van der Waals surface area contributed by atoms with Crippen LogP contribution in [0.25, 0.3) is 0 Å². The first kappa shape index (κ1) is 13.9. The third-order valence-corrected chi connectivity index (χ3v) is 4.48. The second-order valence-corrected chi connectivity index (χ2v) is 6.23. The molecule has 8 heteroatoms. The highest BCUT2D eigenvalue weighted by molar-refractivity contribution is 7.89. The molecule has 1 aromatic carbocycles. The molecule has 2 N–H and O–H groups in total. The van der Waals surface area contributed by atoms with Gasteiger partial charge in [0.25, 0.3) is 5.69 Å². The number of benzene rings is 1. The monoisotopic (exact) mass is 285 g/mol. The van der Waals surface area contributed by atoms with E-state index in [0.29, 0.717) is 6.54 Å². The molecule has 0 aliphatic carbocycles. The predicted octanol–water partition coefficient (Wildman–Crippen LogP) is 0.483. The van der Waals surface area contributed by atoms with E-state index in [1.807, 2.05) is 0 Å². The topological polar surface area (TPSA) is 101 Å². The Morgan fingerprint density at radius 3 is 2.89 bits per heavy atom. The maximum absolute atomic E-state index is 12.0. The maximum atomic E-state index is 12.0. The van der Waals surface area contributed by atoms with Crippen LogP contribution >= 0.6 is 0 Å². The standard InChI is InChI=1S/C11H15N3O4S/c15-14(16)10-2-1-3-11(6-10)19(17,18)13-8-9-4-5-12-7-9/h1-3,6,9,12-13H,4-5,7-8H2. The zero-order valence-corrected chi connectivity index (χ0v) is 11.0. The lowest BCUT2D eigenvalue weighted by atomic mass is 10.1. The molecule has 0 radical (unpaired) electrons. The van der Waals surface area contributed by atoms with Crippen molar-refractivity contribution >= 4 is 15.7 Å². The first-order valence-corrected chi connectivity index (χ1v) is 7.42. The number of nitrogens with zero attached hydrogens (tertiary/aromatic N) is 1. The van der Waals surface area contributed by atoms with Crippen molar-refractivity contribution in [3.63, 3.8) is 0 Å². The molecule has 0 saturated carbocycles. The van der Waals surface area contributed by atoms with Gasteiger partial charge in [0, 0.05) is 18.7 Å². The van der Waals surface area contributed by atoms with E-state index in [1.54, 1.807) is 0 Å². The summed E-state index contributed by atoms with van der Waals surface area (Å²) in [6, 6.07) is 5.04. The number of sulfonamides is 1. The van der Waals surface area contributed by atoms with Gasteiger partial charge in [0.05, 0.1) is 9.82 Å². The maximum Gasteiger partial charge on any atom is 0.270 e. The molecule has 0 spiro atoms. The molecule has 2 rings (SSSR count). The molecule has 1 aliphatic rings. The zero-order valence-electron chi connectivity index (χ0n) is 10.2. The van der Waals surface area contributed by atoms with Gasteiger partial charge in [-0.15, -0.1) is 0 Å². The van der Waals surface area contributed by atoms with Crippen LogP contribution in [0.15, 0.2) is 29.2 Å². The second kappa shape index (κ2) is 5.64. The zero-order chi connectivity index (χ0) is 13.9. The lowest BCUT2D eigenvalue weighted by Gasteiger charge is -2.10. The van der Waals surface area contributed by atoms with Gasteiger partial charge in [-0.05, 0) is 31.5 Å². The van der Waals surface area contributed by atoms with E-state index in [2.05, 4.69) is 10.0 Å². The summed E-state index contributed by atoms with van der Waals surface area (Å²) >= 11 is 0. The number of rotatable bonds is 5. The Bertz CT molecular complexity index is 567. The molecule has 19 heavy (non-hydrogen) atoms. The number of hydrogen-bond acceptors (Lipinski definition) is 5. The van der Waals surface area contributed by atoms with E-state index in [9.17, 15) is 18.5 Å².